The second-order valence-electron chi connectivity index (χ2n) is 0.289. The van der Waals surface area contributed by atoms with Gasteiger partial charge in [-0.15, -0.1) is 0 Å². The third kappa shape index (κ3) is 400. The number of hydrogen-bond donors (Lipinski definition) is 0. The van der Waals surface area contributed by atoms with E-state index in [1.54, 1.807) is 0 Å². The summed E-state index contributed by atoms with van der Waals surface area (Å²) in [6.07, 6.45) is 0. The van der Waals surface area contributed by atoms with Crippen LogP contribution in [0.5, 0.6) is 0 Å². The minimum Gasteiger partial charge on any atom is -0.557 e. The van der Waals surface area contributed by atoms with Gasteiger partial charge in [0.05, 0.1) is 0 Å². The van der Waals surface area contributed by atoms with Crippen molar-refractivity contribution in [1.82, 2.24) is 0 Å². The maximum Gasteiger partial charge on any atom is 0 e. The fraction of sp³-hybridized carbons (Fsp3) is 0.714. The Hall–Kier alpha value is 1.06. The van der Waals surface area contributed by atoms with E-state index in [1.165, 1.54) is 7.11 Å². The third-order valence-corrected chi connectivity index (χ3v) is 0. The van der Waals surface area contributed by atoms with E-state index in [1.807, 2.05) is 0 Å². The maximum absolute atomic E-state index is 4.00. The van der Waals surface area contributed by atoms with Gasteiger partial charge in [0.2, 0.25) is 0 Å². The van der Waals surface area contributed by atoms with Gasteiger partial charge in [-0.3, -0.25) is 0 Å². The molecule has 9 heavy (non-hydrogen) atoms. The zero-order chi connectivity index (χ0) is 2.71. The first kappa shape index (κ1) is 88.1. The largest absolute Gasteiger partial charge is 0.557 e. The molecule has 0 aliphatic rings. The average molecular weight is 213 g/mol. The van der Waals surface area contributed by atoms with E-state index >= 15 is 0 Å². The molecule has 0 N–H and O–H groups in total. The predicted molar refractivity (Wildman–Crippen MR) is 45.7 cm³/mol. The molecular weight excluding hydrogens is 189 g/mol. The second-order valence-corrected chi connectivity index (χ2v) is 0.289. The second kappa shape index (κ2) is 138. The van der Waals surface area contributed by atoms with Gasteiger partial charge in [0.15, 0.2) is 0 Å². The molecule has 0 rings (SSSR count). The van der Waals surface area contributed by atoms with Gasteiger partial charge >= 0.3 is 0 Å². The molecule has 0 aromatic carbocycles. The standard InChI is InChI=1S/C2H5O.4CH4.CH3.Y/c1-3-2;;;;;;/h1H2,2H3;4*1H4;1H3;/q-1;;;;;-1;. The SMILES string of the molecule is C.C.C.C.[CH2-]OC.[CH3-].[Y]. The minimum absolute atomic E-state index is 0. The molecule has 0 aliphatic heterocycles. The first-order valence-electron chi connectivity index (χ1n) is 0.697. The zero-order valence-corrected chi connectivity index (χ0v) is 6.53. The summed E-state index contributed by atoms with van der Waals surface area (Å²) in [6.45, 7) is 0. The van der Waals surface area contributed by atoms with Crippen LogP contribution in [0.1, 0.15) is 29.7 Å². The van der Waals surface area contributed by atoms with Crippen molar-refractivity contribution in [3.63, 3.8) is 0 Å². The normalized spacial score (nSPS) is 2.00. The minimum atomic E-state index is 0. The van der Waals surface area contributed by atoms with Gasteiger partial charge < -0.3 is 12.2 Å². The Kier molecular flexibility index (Phi) is 1350. The number of rotatable bonds is 0. The molecule has 0 unspecified atom stereocenters. The Bertz CT molecular complexity index is 8.88. The molecule has 1 radical (unpaired) electrons. The Labute approximate surface area is 88.5 Å². The average Bonchev–Trinajstić information content (AvgIpc) is 0.918. The topological polar surface area (TPSA) is 9.23 Å². The van der Waals surface area contributed by atoms with Crippen LogP contribution < -0.4 is 0 Å². The first-order valence-corrected chi connectivity index (χ1v) is 0.697. The molecule has 2 heteroatoms. The Morgan fingerprint density at radius 2 is 1.00 bits per heavy atom. The molecule has 0 saturated carbocycles. The van der Waals surface area contributed by atoms with Crippen LogP contribution in [-0.2, 0) is 37.4 Å². The Morgan fingerprint density at radius 3 is 1.00 bits per heavy atom. The summed E-state index contributed by atoms with van der Waals surface area (Å²) < 4.78 is 4.00. The molecule has 1 nitrogen and oxygen atoms in total. The van der Waals surface area contributed by atoms with Crippen molar-refractivity contribution in [3.8, 4) is 0 Å². The molecule has 0 saturated heterocycles. The summed E-state index contributed by atoms with van der Waals surface area (Å²) in [5, 5.41) is 0. The van der Waals surface area contributed by atoms with Crippen molar-refractivity contribution < 1.29 is 37.4 Å². The Balaban J connectivity index is -0.00000000133. The van der Waals surface area contributed by atoms with Gasteiger partial charge in [-0.05, 0) is 7.11 Å². The predicted octanol–water partition coefficient (Wildman–Crippen LogP) is 3.42. The van der Waals surface area contributed by atoms with Gasteiger partial charge in [-0.2, -0.15) is 0 Å². The van der Waals surface area contributed by atoms with Gasteiger partial charge in [-0.1, -0.05) is 29.7 Å². The molecule has 0 atom stereocenters. The van der Waals surface area contributed by atoms with Crippen molar-refractivity contribution in [2.75, 3.05) is 7.11 Å². The molecule has 0 amide bonds. The molecule has 0 fully saturated rings. The van der Waals surface area contributed by atoms with E-state index in [2.05, 4.69) is 11.8 Å². The van der Waals surface area contributed by atoms with Crippen molar-refractivity contribution in [2.45, 2.75) is 29.7 Å². The maximum atomic E-state index is 4.00. The summed E-state index contributed by atoms with van der Waals surface area (Å²) in [4.78, 5) is 0. The van der Waals surface area contributed by atoms with Crippen molar-refractivity contribution >= 4 is 0 Å². The molecule has 0 spiro atoms. The smallest absolute Gasteiger partial charge is 0 e. The summed E-state index contributed by atoms with van der Waals surface area (Å²) in [5.74, 6) is 0. The van der Waals surface area contributed by atoms with Crippen molar-refractivity contribution in [2.24, 2.45) is 0 Å². The van der Waals surface area contributed by atoms with E-state index in [0.717, 1.165) is 0 Å². The van der Waals surface area contributed by atoms with Crippen molar-refractivity contribution in [3.05, 3.63) is 14.5 Å². The fourth-order valence-electron chi connectivity index (χ4n) is 0. The molecule has 63 valence electrons. The zero-order valence-electron chi connectivity index (χ0n) is 3.69. The van der Waals surface area contributed by atoms with Crippen LogP contribution in [0.25, 0.3) is 0 Å². The number of hydrogen-bond acceptors (Lipinski definition) is 1. The van der Waals surface area contributed by atoms with Crippen molar-refractivity contribution in [1.29, 1.82) is 0 Å². The summed E-state index contributed by atoms with van der Waals surface area (Å²) in [6, 6.07) is 0. The quantitative estimate of drug-likeness (QED) is 0.560. The van der Waals surface area contributed by atoms with E-state index in [-0.39, 0.29) is 69.8 Å². The molecule has 0 aliphatic carbocycles. The Morgan fingerprint density at radius 1 is 1.00 bits per heavy atom. The molecule has 0 aromatic heterocycles. The molecule has 0 aromatic rings. The molecule has 0 heterocycles. The van der Waals surface area contributed by atoms with Crippen LogP contribution in [0.3, 0.4) is 0 Å². The third-order valence-electron chi connectivity index (χ3n) is 0. The van der Waals surface area contributed by atoms with Crippen LogP contribution in [0.15, 0.2) is 0 Å². The van der Waals surface area contributed by atoms with Crippen LogP contribution in [-0.4, -0.2) is 7.11 Å². The van der Waals surface area contributed by atoms with Gasteiger partial charge in [0.1, 0.15) is 0 Å². The molecule has 0 bridgehead atoms. The van der Waals surface area contributed by atoms with Gasteiger partial charge in [0.25, 0.3) is 0 Å². The monoisotopic (exact) mass is 213 g/mol. The van der Waals surface area contributed by atoms with Crippen LogP contribution in [0.2, 0.25) is 0 Å². The van der Waals surface area contributed by atoms with E-state index in [0.29, 0.717) is 0 Å². The number of ether oxygens (including phenoxy) is 1. The fourth-order valence-corrected chi connectivity index (χ4v) is 0. The van der Waals surface area contributed by atoms with E-state index < -0.39 is 0 Å². The van der Waals surface area contributed by atoms with Crippen LogP contribution in [0, 0.1) is 14.5 Å². The van der Waals surface area contributed by atoms with Crippen LogP contribution >= 0.6 is 0 Å². The first-order chi connectivity index (χ1) is 1.41. The van der Waals surface area contributed by atoms with Gasteiger partial charge in [-0.25, -0.2) is 7.11 Å². The summed E-state index contributed by atoms with van der Waals surface area (Å²) in [7, 11) is 4.50. The van der Waals surface area contributed by atoms with Crippen LogP contribution in [0.4, 0.5) is 0 Å². The summed E-state index contributed by atoms with van der Waals surface area (Å²) in [5.41, 5.74) is 0. The van der Waals surface area contributed by atoms with E-state index in [4.69, 9.17) is 0 Å². The summed E-state index contributed by atoms with van der Waals surface area (Å²) >= 11 is 0. The number of methoxy groups -OCH3 is 1. The van der Waals surface area contributed by atoms with Gasteiger partial charge in [0, 0.05) is 32.7 Å². The van der Waals surface area contributed by atoms with E-state index in [9.17, 15) is 0 Å². The molecular formula is C7H24OY-2.